The first-order valence-electron chi connectivity index (χ1n) is 10.1. The number of nitro groups is 1. The van der Waals surface area contributed by atoms with E-state index in [2.05, 4.69) is 20.5 Å². The molecule has 11 heteroatoms. The van der Waals surface area contributed by atoms with Crippen molar-refractivity contribution in [1.29, 1.82) is 0 Å². The van der Waals surface area contributed by atoms with Crippen LogP contribution in [-0.4, -0.2) is 25.2 Å². The molecule has 9 nitrogen and oxygen atoms in total. The van der Waals surface area contributed by atoms with Gasteiger partial charge in [-0.15, -0.1) is 10.2 Å². The topological polar surface area (TPSA) is 123 Å². The van der Waals surface area contributed by atoms with Gasteiger partial charge in [-0.3, -0.25) is 10.1 Å². The maximum absolute atomic E-state index is 11.3. The highest BCUT2D eigenvalue weighted by Gasteiger charge is 2.27. The number of aromatic nitrogens is 3. The summed E-state index contributed by atoms with van der Waals surface area (Å²) < 4.78 is 6.15. The van der Waals surface area contributed by atoms with E-state index in [1.807, 2.05) is 48.5 Å². The number of fused-ring (bicyclic) bond motifs is 3. The summed E-state index contributed by atoms with van der Waals surface area (Å²) in [4.78, 5) is 15.2. The number of para-hydroxylation sites is 1. The number of hydrogen-bond donors (Lipinski definition) is 2. The van der Waals surface area contributed by atoms with Gasteiger partial charge in [0.1, 0.15) is 0 Å². The molecule has 0 spiro atoms. The lowest BCUT2D eigenvalue weighted by atomic mass is 10.1. The van der Waals surface area contributed by atoms with E-state index in [9.17, 15) is 15.2 Å². The summed E-state index contributed by atoms with van der Waals surface area (Å²) >= 11 is 7.61. The van der Waals surface area contributed by atoms with Crippen LogP contribution in [0.1, 0.15) is 17.4 Å². The fourth-order valence-electron chi connectivity index (χ4n) is 3.47. The van der Waals surface area contributed by atoms with Crippen molar-refractivity contribution in [2.75, 3.05) is 5.32 Å². The van der Waals surface area contributed by atoms with Gasteiger partial charge in [0.15, 0.2) is 17.7 Å². The van der Waals surface area contributed by atoms with Gasteiger partial charge < -0.3 is 15.2 Å². The highest BCUT2D eigenvalue weighted by molar-refractivity contribution is 7.98. The van der Waals surface area contributed by atoms with Crippen molar-refractivity contribution in [1.82, 2.24) is 15.2 Å². The lowest BCUT2D eigenvalue weighted by molar-refractivity contribution is -0.386. The molecule has 0 aliphatic carbocycles. The van der Waals surface area contributed by atoms with E-state index in [0.717, 1.165) is 11.1 Å². The standard InChI is InChI=1S/C23H16ClN5O4S/c24-16-7-3-1-5-14(16)12-34-23-26-22-20(27-28-23)15-6-2-4-8-17(15)25-21(33-22)13-9-10-19(30)18(11-13)29(31)32/h1-11,21,25,30H,12H2. The molecule has 1 atom stereocenters. The third-order valence-electron chi connectivity index (χ3n) is 5.15. The van der Waals surface area contributed by atoms with Crippen LogP contribution in [0.5, 0.6) is 11.6 Å². The first-order chi connectivity index (χ1) is 16.5. The van der Waals surface area contributed by atoms with Crippen LogP contribution in [-0.2, 0) is 5.75 Å². The molecule has 4 aromatic rings. The largest absolute Gasteiger partial charge is 0.502 e. The summed E-state index contributed by atoms with van der Waals surface area (Å²) in [6.07, 6.45) is -0.820. The normalized spacial score (nSPS) is 14.2. The molecule has 1 aliphatic heterocycles. The van der Waals surface area contributed by atoms with Crippen molar-refractivity contribution < 1.29 is 14.8 Å². The van der Waals surface area contributed by atoms with Gasteiger partial charge in [-0.05, 0) is 29.8 Å². The molecule has 2 heterocycles. The summed E-state index contributed by atoms with van der Waals surface area (Å²) in [6.45, 7) is 0. The molecule has 0 bridgehead atoms. The van der Waals surface area contributed by atoms with E-state index >= 15 is 0 Å². The maximum atomic E-state index is 11.3. The molecule has 0 fully saturated rings. The van der Waals surface area contributed by atoms with E-state index in [1.165, 1.54) is 23.9 Å². The van der Waals surface area contributed by atoms with Crippen LogP contribution in [0.25, 0.3) is 11.3 Å². The second-order valence-electron chi connectivity index (χ2n) is 7.32. The summed E-state index contributed by atoms with van der Waals surface area (Å²) in [7, 11) is 0. The third-order valence-corrected chi connectivity index (χ3v) is 6.40. The van der Waals surface area contributed by atoms with Crippen LogP contribution in [0, 0.1) is 10.1 Å². The van der Waals surface area contributed by atoms with Gasteiger partial charge in [0.05, 0.1) is 4.92 Å². The molecule has 3 aromatic carbocycles. The predicted octanol–water partition coefficient (Wildman–Crippen LogP) is 5.60. The van der Waals surface area contributed by atoms with Gasteiger partial charge in [-0.25, -0.2) is 0 Å². The average molecular weight is 494 g/mol. The van der Waals surface area contributed by atoms with Gasteiger partial charge in [-0.1, -0.05) is 59.8 Å². The van der Waals surface area contributed by atoms with E-state index < -0.39 is 22.6 Å². The summed E-state index contributed by atoms with van der Waals surface area (Å²) in [6, 6.07) is 19.0. The number of nitrogens with one attached hydrogen (secondary N) is 1. The molecule has 0 saturated heterocycles. The number of halogens is 1. The number of benzene rings is 3. The third kappa shape index (κ3) is 4.33. The van der Waals surface area contributed by atoms with Crippen molar-refractivity contribution in [2.24, 2.45) is 0 Å². The number of hydrogen-bond acceptors (Lipinski definition) is 9. The van der Waals surface area contributed by atoms with Gasteiger partial charge in [0, 0.05) is 33.7 Å². The predicted molar refractivity (Wildman–Crippen MR) is 128 cm³/mol. The maximum Gasteiger partial charge on any atom is 0.311 e. The van der Waals surface area contributed by atoms with E-state index in [0.29, 0.717) is 32.9 Å². The summed E-state index contributed by atoms with van der Waals surface area (Å²) in [5.74, 6) is 0.350. The Morgan fingerprint density at radius 1 is 1.12 bits per heavy atom. The number of aromatic hydroxyl groups is 1. The fraction of sp³-hybridized carbons (Fsp3) is 0.0870. The van der Waals surface area contributed by atoms with Crippen LogP contribution in [0.15, 0.2) is 71.9 Å². The molecule has 1 aromatic heterocycles. The highest BCUT2D eigenvalue weighted by atomic mass is 35.5. The zero-order valence-electron chi connectivity index (χ0n) is 17.4. The summed E-state index contributed by atoms with van der Waals surface area (Å²) in [5, 5.41) is 34.1. The van der Waals surface area contributed by atoms with Crippen molar-refractivity contribution >= 4 is 34.7 Å². The summed E-state index contributed by atoms with van der Waals surface area (Å²) in [5.41, 5.74) is 2.84. The molecule has 0 radical (unpaired) electrons. The number of thioether (sulfide) groups is 1. The van der Waals surface area contributed by atoms with E-state index in [4.69, 9.17) is 16.3 Å². The van der Waals surface area contributed by atoms with Gasteiger partial charge in [0.25, 0.3) is 0 Å². The quantitative estimate of drug-likeness (QED) is 0.207. The number of phenolic OH excluding ortho intramolecular Hbond substituents is 1. The Hall–Kier alpha value is -3.89. The molecule has 34 heavy (non-hydrogen) atoms. The van der Waals surface area contributed by atoms with Crippen LogP contribution in [0.2, 0.25) is 5.02 Å². The van der Waals surface area contributed by atoms with E-state index in [1.54, 1.807) is 6.07 Å². The molecular formula is C23H16ClN5O4S. The monoisotopic (exact) mass is 493 g/mol. The Bertz CT molecular complexity index is 1400. The molecular weight excluding hydrogens is 478 g/mol. The van der Waals surface area contributed by atoms with Crippen LogP contribution >= 0.6 is 23.4 Å². The molecule has 1 unspecified atom stereocenters. The van der Waals surface area contributed by atoms with Crippen molar-refractivity contribution in [3.63, 3.8) is 0 Å². The first kappa shape index (κ1) is 21.9. The van der Waals surface area contributed by atoms with E-state index in [-0.39, 0.29) is 5.88 Å². The van der Waals surface area contributed by atoms with Crippen molar-refractivity contribution in [2.45, 2.75) is 17.1 Å². The average Bonchev–Trinajstić information content (AvgIpc) is 3.00. The van der Waals surface area contributed by atoms with Crippen LogP contribution in [0.4, 0.5) is 11.4 Å². The number of nitrogens with zero attached hydrogens (tertiary/aromatic N) is 4. The molecule has 0 amide bonds. The minimum Gasteiger partial charge on any atom is -0.502 e. The Labute approximate surface area is 202 Å². The number of rotatable bonds is 5. The molecule has 1 aliphatic rings. The minimum absolute atomic E-state index is 0.231. The van der Waals surface area contributed by atoms with Crippen LogP contribution in [0.3, 0.4) is 0 Å². The second kappa shape index (κ2) is 9.16. The molecule has 0 saturated carbocycles. The Morgan fingerprint density at radius 3 is 2.74 bits per heavy atom. The molecule has 170 valence electrons. The van der Waals surface area contributed by atoms with Crippen molar-refractivity contribution in [3.05, 3.63) is 93.0 Å². The van der Waals surface area contributed by atoms with Crippen LogP contribution < -0.4 is 10.1 Å². The van der Waals surface area contributed by atoms with Gasteiger partial charge in [-0.2, -0.15) is 4.98 Å². The number of nitro benzene ring substituents is 1. The minimum atomic E-state index is -0.820. The van der Waals surface area contributed by atoms with Gasteiger partial charge >= 0.3 is 5.69 Å². The van der Waals surface area contributed by atoms with Crippen molar-refractivity contribution in [3.8, 4) is 22.9 Å². The number of anilines is 1. The Morgan fingerprint density at radius 2 is 1.91 bits per heavy atom. The lowest BCUT2D eigenvalue weighted by Crippen LogP contribution is -2.17. The number of phenols is 1. The Kier molecular flexibility index (Phi) is 5.91. The molecule has 2 N–H and O–H groups in total. The number of ether oxygens (including phenoxy) is 1. The highest BCUT2D eigenvalue weighted by Crippen LogP contribution is 2.40. The first-order valence-corrected chi connectivity index (χ1v) is 11.5. The molecule has 5 rings (SSSR count). The zero-order chi connectivity index (χ0) is 23.7. The fourth-order valence-corrected chi connectivity index (χ4v) is 4.53. The lowest BCUT2D eigenvalue weighted by Gasteiger charge is -2.19. The second-order valence-corrected chi connectivity index (χ2v) is 8.67. The zero-order valence-corrected chi connectivity index (χ0v) is 19.0. The SMILES string of the molecule is O=[N+]([O-])c1cc(C2Nc3ccccc3-c3nnc(SCc4ccccc4Cl)nc3O2)ccc1O. The smallest absolute Gasteiger partial charge is 0.311 e. The van der Waals surface area contributed by atoms with Gasteiger partial charge in [0.2, 0.25) is 11.0 Å². The Balaban J connectivity index is 1.51.